The molecule has 1 aromatic rings. The molecular weight excluding hydrogens is 248 g/mol. The van der Waals surface area contributed by atoms with Crippen LogP contribution in [0.2, 0.25) is 0 Å². The molecule has 0 unspecified atom stereocenters. The van der Waals surface area contributed by atoms with Crippen LogP contribution in [0.5, 0.6) is 0 Å². The predicted molar refractivity (Wildman–Crippen MR) is 67.8 cm³/mol. The topological polar surface area (TPSA) is 93.2 Å². The summed E-state index contributed by atoms with van der Waals surface area (Å²) in [5.41, 5.74) is 0.248. The summed E-state index contributed by atoms with van der Waals surface area (Å²) in [6.07, 6.45) is 2.69. The van der Waals surface area contributed by atoms with Crippen LogP contribution >= 0.6 is 0 Å². The Morgan fingerprint density at radius 3 is 2.58 bits per heavy atom. The maximum atomic E-state index is 11.4. The number of hydrogen-bond acceptors (Lipinski definition) is 5. The summed E-state index contributed by atoms with van der Waals surface area (Å²) in [4.78, 5) is 21.4. The number of nitro groups is 1. The number of carbonyl (C=O) groups is 1. The largest absolute Gasteiger partial charge is 0.457 e. The summed E-state index contributed by atoms with van der Waals surface area (Å²) in [7, 11) is 0. The van der Waals surface area contributed by atoms with E-state index in [2.05, 4.69) is 6.58 Å². The Kier molecular flexibility index (Phi) is 4.99. The van der Waals surface area contributed by atoms with E-state index in [-0.39, 0.29) is 17.9 Å². The molecule has 6 nitrogen and oxygen atoms in total. The molecule has 0 N–H and O–H groups in total. The van der Waals surface area contributed by atoms with Gasteiger partial charge in [0.05, 0.1) is 4.92 Å². The van der Waals surface area contributed by atoms with Crippen LogP contribution < -0.4 is 0 Å². The Hall–Kier alpha value is -2.94. The van der Waals surface area contributed by atoms with Crippen LogP contribution in [0.1, 0.15) is 5.56 Å². The Morgan fingerprint density at radius 2 is 2.11 bits per heavy atom. The van der Waals surface area contributed by atoms with Gasteiger partial charge in [0.1, 0.15) is 18.2 Å². The number of carbonyl (C=O) groups excluding carboxylic acids is 1. The maximum Gasteiger partial charge on any atom is 0.349 e. The van der Waals surface area contributed by atoms with E-state index in [4.69, 9.17) is 10.00 Å². The summed E-state index contributed by atoms with van der Waals surface area (Å²) in [5.74, 6) is -0.763. The summed E-state index contributed by atoms with van der Waals surface area (Å²) < 4.78 is 4.72. The second-order valence-corrected chi connectivity index (χ2v) is 3.41. The molecule has 0 bridgehead atoms. The highest BCUT2D eigenvalue weighted by Gasteiger charge is 2.10. The molecule has 0 fully saturated rings. The van der Waals surface area contributed by atoms with Gasteiger partial charge in [0.25, 0.3) is 5.69 Å². The number of nitrogens with zero attached hydrogens (tertiary/aromatic N) is 2. The van der Waals surface area contributed by atoms with Crippen molar-refractivity contribution in [3.63, 3.8) is 0 Å². The fraction of sp³-hybridized carbons (Fsp3) is 0.0769. The zero-order valence-corrected chi connectivity index (χ0v) is 9.91. The van der Waals surface area contributed by atoms with Gasteiger partial charge >= 0.3 is 5.97 Å². The normalized spacial score (nSPS) is 10.4. The van der Waals surface area contributed by atoms with Gasteiger partial charge < -0.3 is 4.74 Å². The van der Waals surface area contributed by atoms with Crippen LogP contribution in [-0.4, -0.2) is 17.5 Å². The zero-order valence-electron chi connectivity index (χ0n) is 9.91. The van der Waals surface area contributed by atoms with Crippen molar-refractivity contribution in [3.05, 3.63) is 58.2 Å². The lowest BCUT2D eigenvalue weighted by Gasteiger charge is -2.00. The van der Waals surface area contributed by atoms with E-state index in [1.54, 1.807) is 6.07 Å². The van der Waals surface area contributed by atoms with Crippen molar-refractivity contribution < 1.29 is 14.5 Å². The molecule has 19 heavy (non-hydrogen) atoms. The van der Waals surface area contributed by atoms with Gasteiger partial charge in [0.15, 0.2) is 0 Å². The van der Waals surface area contributed by atoms with Crippen molar-refractivity contribution in [1.29, 1.82) is 5.26 Å². The van der Waals surface area contributed by atoms with Gasteiger partial charge in [-0.15, -0.1) is 0 Å². The average molecular weight is 258 g/mol. The second-order valence-electron chi connectivity index (χ2n) is 3.41. The zero-order chi connectivity index (χ0) is 14.3. The first kappa shape index (κ1) is 14.1. The third-order valence-corrected chi connectivity index (χ3v) is 2.09. The molecule has 0 heterocycles. The lowest BCUT2D eigenvalue weighted by atomic mass is 10.1. The van der Waals surface area contributed by atoms with Crippen LogP contribution in [-0.2, 0) is 9.53 Å². The van der Waals surface area contributed by atoms with Gasteiger partial charge in [-0.1, -0.05) is 12.7 Å². The number of hydrogen-bond donors (Lipinski definition) is 0. The highest BCUT2D eigenvalue weighted by atomic mass is 16.6. The van der Waals surface area contributed by atoms with Crippen molar-refractivity contribution in [2.45, 2.75) is 0 Å². The van der Waals surface area contributed by atoms with Crippen molar-refractivity contribution >= 4 is 17.7 Å². The first-order chi connectivity index (χ1) is 9.08. The lowest BCUT2D eigenvalue weighted by molar-refractivity contribution is -0.384. The summed E-state index contributed by atoms with van der Waals surface area (Å²) in [6, 6.07) is 7.17. The van der Waals surface area contributed by atoms with E-state index in [0.717, 1.165) is 0 Å². The van der Waals surface area contributed by atoms with Gasteiger partial charge in [-0.25, -0.2) is 4.79 Å². The molecule has 1 rings (SSSR count). The van der Waals surface area contributed by atoms with E-state index in [1.165, 1.54) is 36.4 Å². The van der Waals surface area contributed by atoms with Gasteiger partial charge in [-0.2, -0.15) is 5.26 Å². The fourth-order valence-electron chi connectivity index (χ4n) is 1.21. The SMILES string of the molecule is C=CCOC(=O)/C(C#N)=C/c1ccc([N+](=O)[O-])cc1. The molecule has 96 valence electrons. The number of non-ortho nitro benzene ring substituents is 1. The van der Waals surface area contributed by atoms with Crippen LogP contribution in [0.15, 0.2) is 42.5 Å². The number of esters is 1. The van der Waals surface area contributed by atoms with Crippen LogP contribution in [0.3, 0.4) is 0 Å². The maximum absolute atomic E-state index is 11.4. The van der Waals surface area contributed by atoms with Gasteiger partial charge in [0, 0.05) is 12.1 Å². The van der Waals surface area contributed by atoms with Crippen molar-refractivity contribution in [1.82, 2.24) is 0 Å². The molecule has 0 spiro atoms. The Labute approximate surface area is 109 Å². The summed E-state index contributed by atoms with van der Waals surface area (Å²) in [5, 5.41) is 19.3. The van der Waals surface area contributed by atoms with E-state index in [1.807, 2.05) is 0 Å². The Bertz CT molecular complexity index is 567. The van der Waals surface area contributed by atoms with Crippen LogP contribution in [0, 0.1) is 21.4 Å². The molecule has 0 aromatic heterocycles. The summed E-state index contributed by atoms with van der Waals surface area (Å²) in [6.45, 7) is 3.40. The summed E-state index contributed by atoms with van der Waals surface area (Å²) >= 11 is 0. The molecule has 0 saturated heterocycles. The average Bonchev–Trinajstić information content (AvgIpc) is 2.42. The molecule has 0 aliphatic carbocycles. The van der Waals surface area contributed by atoms with Crippen molar-refractivity contribution in [2.24, 2.45) is 0 Å². The molecule has 0 amide bonds. The minimum atomic E-state index is -0.763. The number of nitro benzene ring substituents is 1. The molecule has 0 radical (unpaired) electrons. The monoisotopic (exact) mass is 258 g/mol. The number of rotatable bonds is 5. The standard InChI is InChI=1S/C13H10N2O4/c1-2-7-19-13(16)11(9-14)8-10-3-5-12(6-4-10)15(17)18/h2-6,8H,1,7H2/b11-8+. The van der Waals surface area contributed by atoms with Crippen molar-refractivity contribution in [2.75, 3.05) is 6.61 Å². The fourth-order valence-corrected chi connectivity index (χ4v) is 1.21. The van der Waals surface area contributed by atoms with E-state index >= 15 is 0 Å². The number of nitriles is 1. The Morgan fingerprint density at radius 1 is 1.47 bits per heavy atom. The molecular formula is C13H10N2O4. The number of ether oxygens (including phenoxy) is 1. The van der Waals surface area contributed by atoms with Gasteiger partial charge in [-0.3, -0.25) is 10.1 Å². The Balaban J connectivity index is 2.92. The predicted octanol–water partition coefficient (Wildman–Crippen LogP) is 2.23. The molecule has 0 saturated carbocycles. The second kappa shape index (κ2) is 6.71. The first-order valence-corrected chi connectivity index (χ1v) is 5.22. The highest BCUT2D eigenvalue weighted by molar-refractivity contribution is 5.97. The van der Waals surface area contributed by atoms with Crippen molar-refractivity contribution in [3.8, 4) is 6.07 Å². The number of benzene rings is 1. The first-order valence-electron chi connectivity index (χ1n) is 5.22. The van der Waals surface area contributed by atoms with E-state index in [0.29, 0.717) is 5.56 Å². The molecule has 0 aliphatic rings. The van der Waals surface area contributed by atoms with E-state index in [9.17, 15) is 14.9 Å². The third-order valence-electron chi connectivity index (χ3n) is 2.09. The van der Waals surface area contributed by atoms with Crippen LogP contribution in [0.4, 0.5) is 5.69 Å². The van der Waals surface area contributed by atoms with Gasteiger partial charge in [0.2, 0.25) is 0 Å². The minimum absolute atomic E-state index is 0.0120. The molecule has 6 heteroatoms. The van der Waals surface area contributed by atoms with Crippen LogP contribution in [0.25, 0.3) is 6.08 Å². The smallest absolute Gasteiger partial charge is 0.349 e. The van der Waals surface area contributed by atoms with Gasteiger partial charge in [-0.05, 0) is 23.8 Å². The highest BCUT2D eigenvalue weighted by Crippen LogP contribution is 2.14. The molecule has 1 aromatic carbocycles. The lowest BCUT2D eigenvalue weighted by Crippen LogP contribution is -2.06. The third kappa shape index (κ3) is 4.09. The molecule has 0 aliphatic heterocycles. The minimum Gasteiger partial charge on any atom is -0.457 e. The quantitative estimate of drug-likeness (QED) is 0.201. The molecule has 0 atom stereocenters. The van der Waals surface area contributed by atoms with E-state index < -0.39 is 10.9 Å².